The van der Waals surface area contributed by atoms with Crippen LogP contribution in [0.4, 0.5) is 24.5 Å². The van der Waals surface area contributed by atoms with Crippen molar-refractivity contribution in [1.82, 2.24) is 36.5 Å². The van der Waals surface area contributed by atoms with Crippen LogP contribution < -0.4 is 26.7 Å². The number of halogens is 4. The third-order valence-electron chi connectivity index (χ3n) is 11.4. The van der Waals surface area contributed by atoms with E-state index in [1.807, 2.05) is 67.6 Å². The largest absolute Gasteiger partial charge is 0.391 e. The van der Waals surface area contributed by atoms with E-state index in [9.17, 15) is 37.5 Å². The molecule has 1 aliphatic rings. The first kappa shape index (κ1) is 52.0. The normalized spacial score (nSPS) is 15.6. The third-order valence-corrected chi connectivity index (χ3v) is 13.1. The molecule has 68 heavy (non-hydrogen) atoms. The van der Waals surface area contributed by atoms with Crippen LogP contribution in [0.5, 0.6) is 0 Å². The van der Waals surface area contributed by atoms with Crippen molar-refractivity contribution in [3.8, 4) is 10.4 Å². The van der Waals surface area contributed by atoms with Crippen LogP contribution in [0, 0.1) is 40.8 Å². The Morgan fingerprint density at radius 2 is 1.71 bits per heavy atom. The lowest BCUT2D eigenvalue weighted by atomic mass is 9.91. The highest BCUT2D eigenvalue weighted by Crippen LogP contribution is 2.33. The van der Waals surface area contributed by atoms with Crippen molar-refractivity contribution in [2.45, 2.75) is 90.3 Å². The van der Waals surface area contributed by atoms with Crippen molar-refractivity contribution in [2.24, 2.45) is 5.92 Å². The van der Waals surface area contributed by atoms with Crippen LogP contribution in [0.25, 0.3) is 10.4 Å². The Morgan fingerprint density at radius 1 is 0.956 bits per heavy atom. The summed E-state index contributed by atoms with van der Waals surface area (Å²) in [6, 6.07) is 13.6. The average molecular weight is 1070 g/mol. The number of hydrogen-bond acceptors (Lipinski definition) is 12. The van der Waals surface area contributed by atoms with E-state index in [0.717, 1.165) is 41.1 Å². The van der Waals surface area contributed by atoms with Gasteiger partial charge in [0.15, 0.2) is 11.6 Å². The predicted molar refractivity (Wildman–Crippen MR) is 259 cm³/mol. The number of unbranched alkanes of at least 4 members (excludes halogenated alkanes) is 2. The van der Waals surface area contributed by atoms with E-state index in [2.05, 4.69) is 36.9 Å². The molecule has 3 aromatic carbocycles. The van der Waals surface area contributed by atoms with Crippen LogP contribution in [-0.2, 0) is 19.2 Å². The summed E-state index contributed by atoms with van der Waals surface area (Å²) in [5.74, 6) is -5.65. The van der Waals surface area contributed by atoms with Crippen LogP contribution in [-0.4, -0.2) is 88.7 Å². The summed E-state index contributed by atoms with van der Waals surface area (Å²) in [5.41, 5.74) is 6.26. The number of aromatic nitrogens is 2. The fraction of sp³-hybridized carbons (Fsp3) is 0.417. The molecule has 5 aromatic rings. The molecule has 4 atom stereocenters. The van der Waals surface area contributed by atoms with Gasteiger partial charge in [-0.2, -0.15) is 0 Å². The van der Waals surface area contributed by atoms with Crippen LogP contribution >= 0.6 is 33.9 Å². The number of amides is 4. The average Bonchev–Trinajstić information content (AvgIpc) is 4.05. The summed E-state index contributed by atoms with van der Waals surface area (Å²) in [7, 11) is 0. The highest BCUT2D eigenvalue weighted by Gasteiger charge is 2.43. The molecule has 0 spiro atoms. The monoisotopic (exact) mass is 1070 g/mol. The van der Waals surface area contributed by atoms with Crippen molar-refractivity contribution < 1.29 is 46.8 Å². The number of carbonyl (C=O) groups excluding carboxylic acids is 4. The van der Waals surface area contributed by atoms with Gasteiger partial charge in [0, 0.05) is 29.1 Å². The number of thiazole rings is 1. The highest BCUT2D eigenvalue weighted by atomic mass is 127. The Bertz CT molecular complexity index is 2530. The van der Waals surface area contributed by atoms with Crippen LogP contribution in [0.1, 0.15) is 97.4 Å². The summed E-state index contributed by atoms with van der Waals surface area (Å²) >= 11 is 3.43. The second kappa shape index (κ2) is 24.7. The highest BCUT2D eigenvalue weighted by molar-refractivity contribution is 14.1. The number of aliphatic hydroxyl groups is 1. The van der Waals surface area contributed by atoms with Crippen molar-refractivity contribution in [3.63, 3.8) is 0 Å². The molecule has 0 aliphatic carbocycles. The van der Waals surface area contributed by atoms with Gasteiger partial charge in [-0.1, -0.05) is 49.7 Å². The summed E-state index contributed by atoms with van der Waals surface area (Å²) in [5, 5.41) is 26.5. The van der Waals surface area contributed by atoms with Crippen molar-refractivity contribution in [1.29, 1.82) is 0 Å². The van der Waals surface area contributed by atoms with Gasteiger partial charge in [0.2, 0.25) is 17.7 Å². The molecule has 0 radical (unpaired) electrons. The summed E-state index contributed by atoms with van der Waals surface area (Å²) in [6.45, 7) is 9.25. The number of hydroxylamine groups is 1. The quantitative estimate of drug-likeness (QED) is 0.0212. The van der Waals surface area contributed by atoms with E-state index in [-0.39, 0.29) is 55.0 Å². The maximum Gasteiger partial charge on any atom is 0.277 e. The molecular weight excluding hydrogens is 1020 g/mol. The maximum absolute atomic E-state index is 14.7. The molecule has 3 heterocycles. The van der Waals surface area contributed by atoms with E-state index in [4.69, 9.17) is 9.36 Å². The standard InChI is InChI=1S/C48H56F3IN8O7S/c1-27(2)42(40-21-28(3)58-67-40)48(65)60-25-33(61)23-39(60)47(64)57-38(30-9-11-31(12-10-30)45-29(4)55-26-68-45)24-41(62)54-19-7-5-6-17-53-18-8-20-66-59-46(63)34-14-15-35(49)43(51)44(34)56-37-16-13-32(52)22-36(37)50/h9-16,21-22,26-27,33,38-39,42,53,56,61H,5-8,17-20,23-25H2,1-4H3,(H,54,62)(H,57,64)(H,59,63)/t33-,38+,39+,42-/m1/s1. The zero-order valence-corrected chi connectivity index (χ0v) is 41.1. The van der Waals surface area contributed by atoms with Crippen LogP contribution in [0.15, 0.2) is 70.7 Å². The molecule has 1 fully saturated rings. The Labute approximate surface area is 410 Å². The molecule has 4 amide bonds. The number of aliphatic hydroxyl groups excluding tert-OH is 1. The van der Waals surface area contributed by atoms with Gasteiger partial charge in [0.05, 0.1) is 63.9 Å². The molecule has 15 nitrogen and oxygen atoms in total. The van der Waals surface area contributed by atoms with Gasteiger partial charge >= 0.3 is 0 Å². The Hall–Kier alpha value is -5.42. The van der Waals surface area contributed by atoms with Gasteiger partial charge in [-0.15, -0.1) is 11.3 Å². The molecule has 0 saturated carbocycles. The summed E-state index contributed by atoms with van der Waals surface area (Å²) in [6.07, 6.45) is 1.94. The number of nitrogens with one attached hydrogen (secondary N) is 5. The number of hydrogen-bond donors (Lipinski definition) is 6. The lowest BCUT2D eigenvalue weighted by Crippen LogP contribution is -2.49. The van der Waals surface area contributed by atoms with E-state index >= 15 is 0 Å². The van der Waals surface area contributed by atoms with Gasteiger partial charge in [0.25, 0.3) is 5.91 Å². The molecule has 0 bridgehead atoms. The lowest BCUT2D eigenvalue weighted by molar-refractivity contribution is -0.141. The van der Waals surface area contributed by atoms with Gasteiger partial charge in [0.1, 0.15) is 23.5 Å². The molecule has 364 valence electrons. The topological polar surface area (TPSA) is 200 Å². The number of anilines is 2. The fourth-order valence-corrected chi connectivity index (χ4v) is 9.17. The van der Waals surface area contributed by atoms with Gasteiger partial charge in [-0.25, -0.2) is 23.6 Å². The number of aryl methyl sites for hydroxylation is 2. The first-order valence-electron chi connectivity index (χ1n) is 22.4. The zero-order valence-electron chi connectivity index (χ0n) is 38.2. The number of β-amino-alcohol motifs (C(OH)–C–C–N with tert-alkyl or cyclic N) is 1. The van der Waals surface area contributed by atoms with Gasteiger partial charge in [-0.05, 0) is 116 Å². The van der Waals surface area contributed by atoms with E-state index in [0.29, 0.717) is 53.1 Å². The molecule has 6 rings (SSSR count). The minimum atomic E-state index is -1.34. The molecule has 6 N–H and O–H groups in total. The van der Waals surface area contributed by atoms with Crippen molar-refractivity contribution in [2.75, 3.05) is 38.1 Å². The van der Waals surface area contributed by atoms with Crippen LogP contribution in [0.3, 0.4) is 0 Å². The third kappa shape index (κ3) is 13.9. The minimum Gasteiger partial charge on any atom is -0.391 e. The van der Waals surface area contributed by atoms with E-state index in [1.165, 1.54) is 28.4 Å². The summed E-state index contributed by atoms with van der Waals surface area (Å²) < 4.78 is 49.3. The number of benzene rings is 3. The lowest BCUT2D eigenvalue weighted by Gasteiger charge is -2.30. The Kier molecular flexibility index (Phi) is 18.9. The Balaban J connectivity index is 0.939. The molecular formula is C48H56F3IN8O7S. The summed E-state index contributed by atoms with van der Waals surface area (Å²) in [4.78, 5) is 66.4. The zero-order chi connectivity index (χ0) is 48.9. The van der Waals surface area contributed by atoms with Gasteiger partial charge < -0.3 is 35.8 Å². The van der Waals surface area contributed by atoms with Crippen LogP contribution in [0.2, 0.25) is 0 Å². The minimum absolute atomic E-state index is 0.0185. The first-order chi connectivity index (χ1) is 32.6. The SMILES string of the molecule is Cc1cc([C@H](C(=O)N2C[C@H](O)C[C@H]2C(=O)N[C@@H](CC(=O)NCCCCCNCCCONC(=O)c2ccc(F)c(F)c2Nc2ccc(I)cc2F)c2ccc(-c3scnc3C)cc2)C(C)C)on1. The molecule has 20 heteroatoms. The van der Waals surface area contributed by atoms with E-state index in [1.54, 1.807) is 24.6 Å². The maximum atomic E-state index is 14.7. The number of nitrogens with zero attached hydrogens (tertiary/aromatic N) is 3. The predicted octanol–water partition coefficient (Wildman–Crippen LogP) is 7.76. The molecule has 2 aromatic heterocycles. The smallest absolute Gasteiger partial charge is 0.277 e. The van der Waals surface area contributed by atoms with Crippen molar-refractivity contribution in [3.05, 3.63) is 115 Å². The molecule has 1 saturated heterocycles. The molecule has 0 unspecified atom stereocenters. The number of rotatable bonds is 23. The second-order valence-electron chi connectivity index (χ2n) is 17.0. The fourth-order valence-electron chi connectivity index (χ4n) is 7.91. The van der Waals surface area contributed by atoms with Gasteiger partial charge in [-0.3, -0.25) is 24.0 Å². The molecule has 1 aliphatic heterocycles. The number of carbonyl (C=O) groups is 4. The van der Waals surface area contributed by atoms with Crippen molar-refractivity contribution >= 4 is 68.9 Å². The first-order valence-corrected chi connectivity index (χ1v) is 24.4. The van der Waals surface area contributed by atoms with E-state index < -0.39 is 59.1 Å². The number of likely N-dealkylation sites (tertiary alicyclic amines) is 1. The second-order valence-corrected chi connectivity index (χ2v) is 19.1. The Morgan fingerprint density at radius 3 is 2.40 bits per heavy atom.